The van der Waals surface area contributed by atoms with E-state index in [9.17, 15) is 14.7 Å². The van der Waals surface area contributed by atoms with E-state index >= 15 is 0 Å². The SMILES string of the molecule is Cc1ccc(-c2oc3ccc(Cl)cc3c(=O)c2OCc2cccc(C(=O)O)c2)cc1. The maximum atomic E-state index is 13.2. The van der Waals surface area contributed by atoms with Gasteiger partial charge >= 0.3 is 5.97 Å². The Morgan fingerprint density at radius 2 is 1.83 bits per heavy atom. The molecule has 0 aliphatic rings. The summed E-state index contributed by atoms with van der Waals surface area (Å²) in [6.45, 7) is 1.98. The second kappa shape index (κ2) is 8.05. The molecular weight excluding hydrogens is 404 g/mol. The third kappa shape index (κ3) is 3.93. The number of carbonyl (C=O) groups is 1. The highest BCUT2D eigenvalue weighted by Crippen LogP contribution is 2.32. The molecule has 150 valence electrons. The van der Waals surface area contributed by atoms with Crippen LogP contribution in [0.25, 0.3) is 22.3 Å². The number of benzene rings is 3. The fraction of sp³-hybridized carbons (Fsp3) is 0.0833. The van der Waals surface area contributed by atoms with Crippen LogP contribution in [0.2, 0.25) is 5.02 Å². The molecule has 0 aliphatic carbocycles. The normalized spacial score (nSPS) is 10.9. The van der Waals surface area contributed by atoms with Crippen molar-refractivity contribution in [3.8, 4) is 17.1 Å². The van der Waals surface area contributed by atoms with Crippen molar-refractivity contribution in [2.24, 2.45) is 0 Å². The van der Waals surface area contributed by atoms with Crippen molar-refractivity contribution in [3.63, 3.8) is 0 Å². The molecular formula is C24H17ClO5. The molecule has 0 saturated heterocycles. The van der Waals surface area contributed by atoms with E-state index in [-0.39, 0.29) is 23.3 Å². The van der Waals surface area contributed by atoms with Crippen LogP contribution >= 0.6 is 11.6 Å². The van der Waals surface area contributed by atoms with E-state index in [1.807, 2.05) is 31.2 Å². The fourth-order valence-electron chi connectivity index (χ4n) is 3.13. The molecule has 0 unspecified atom stereocenters. The van der Waals surface area contributed by atoms with Crippen molar-refractivity contribution in [3.05, 3.63) is 98.7 Å². The van der Waals surface area contributed by atoms with Crippen LogP contribution in [0.4, 0.5) is 0 Å². The van der Waals surface area contributed by atoms with Gasteiger partial charge in [0, 0.05) is 10.6 Å². The molecule has 5 nitrogen and oxygen atoms in total. The van der Waals surface area contributed by atoms with E-state index in [4.69, 9.17) is 20.8 Å². The van der Waals surface area contributed by atoms with Gasteiger partial charge in [0.15, 0.2) is 5.76 Å². The number of rotatable bonds is 5. The van der Waals surface area contributed by atoms with Crippen LogP contribution in [0.15, 0.2) is 75.9 Å². The van der Waals surface area contributed by atoms with Gasteiger partial charge in [-0.2, -0.15) is 0 Å². The molecule has 1 N–H and O–H groups in total. The maximum absolute atomic E-state index is 13.2. The van der Waals surface area contributed by atoms with Gasteiger partial charge in [0.2, 0.25) is 11.2 Å². The number of fused-ring (bicyclic) bond motifs is 1. The first kappa shape index (κ1) is 19.7. The van der Waals surface area contributed by atoms with Gasteiger partial charge < -0.3 is 14.3 Å². The van der Waals surface area contributed by atoms with Crippen molar-refractivity contribution < 1.29 is 19.1 Å². The van der Waals surface area contributed by atoms with Crippen molar-refractivity contribution in [2.45, 2.75) is 13.5 Å². The molecule has 30 heavy (non-hydrogen) atoms. The lowest BCUT2D eigenvalue weighted by Gasteiger charge is -2.12. The molecule has 0 fully saturated rings. The smallest absolute Gasteiger partial charge is 0.335 e. The minimum atomic E-state index is -1.03. The van der Waals surface area contributed by atoms with E-state index in [1.165, 1.54) is 12.1 Å². The molecule has 1 aromatic heterocycles. The first-order valence-corrected chi connectivity index (χ1v) is 9.58. The number of aryl methyl sites for hydroxylation is 1. The Hall–Kier alpha value is -3.57. The quantitative estimate of drug-likeness (QED) is 0.448. The largest absolute Gasteiger partial charge is 0.481 e. The van der Waals surface area contributed by atoms with Crippen LogP contribution < -0.4 is 10.2 Å². The lowest BCUT2D eigenvalue weighted by Crippen LogP contribution is -2.10. The third-order valence-electron chi connectivity index (χ3n) is 4.68. The van der Waals surface area contributed by atoms with Gasteiger partial charge in [0.1, 0.15) is 12.2 Å². The highest BCUT2D eigenvalue weighted by molar-refractivity contribution is 6.31. The topological polar surface area (TPSA) is 76.7 Å². The van der Waals surface area contributed by atoms with Gasteiger partial charge in [0.05, 0.1) is 10.9 Å². The molecule has 0 saturated carbocycles. The van der Waals surface area contributed by atoms with Crippen molar-refractivity contribution >= 4 is 28.5 Å². The molecule has 0 amide bonds. The number of halogens is 1. The first-order valence-electron chi connectivity index (χ1n) is 9.21. The Kier molecular flexibility index (Phi) is 5.29. The van der Waals surface area contributed by atoms with E-state index in [2.05, 4.69) is 0 Å². The molecule has 0 spiro atoms. The van der Waals surface area contributed by atoms with Crippen LogP contribution in [0.3, 0.4) is 0 Å². The highest BCUT2D eigenvalue weighted by Gasteiger charge is 2.18. The van der Waals surface area contributed by atoms with Gasteiger partial charge in [-0.3, -0.25) is 4.79 Å². The average molecular weight is 421 g/mol. The van der Waals surface area contributed by atoms with Crippen molar-refractivity contribution in [2.75, 3.05) is 0 Å². The average Bonchev–Trinajstić information content (AvgIpc) is 2.74. The summed E-state index contributed by atoms with van der Waals surface area (Å²) in [4.78, 5) is 24.4. The lowest BCUT2D eigenvalue weighted by molar-refractivity contribution is 0.0696. The Balaban J connectivity index is 1.82. The lowest BCUT2D eigenvalue weighted by atomic mass is 10.1. The predicted octanol–water partition coefficient (Wildman–Crippen LogP) is 5.70. The third-order valence-corrected chi connectivity index (χ3v) is 4.92. The number of aromatic carboxylic acids is 1. The molecule has 6 heteroatoms. The summed E-state index contributed by atoms with van der Waals surface area (Å²) < 4.78 is 11.9. The van der Waals surface area contributed by atoms with Crippen LogP contribution in [0, 0.1) is 6.92 Å². The second-order valence-corrected chi connectivity index (χ2v) is 7.33. The molecule has 3 aromatic carbocycles. The molecule has 0 bridgehead atoms. The summed E-state index contributed by atoms with van der Waals surface area (Å²) in [6.07, 6.45) is 0. The van der Waals surface area contributed by atoms with E-state index in [0.29, 0.717) is 32.9 Å². The second-order valence-electron chi connectivity index (χ2n) is 6.89. The Morgan fingerprint density at radius 3 is 2.57 bits per heavy atom. The molecule has 1 heterocycles. The number of ether oxygens (including phenoxy) is 1. The zero-order chi connectivity index (χ0) is 21.3. The Labute approximate surface area is 177 Å². The van der Waals surface area contributed by atoms with E-state index < -0.39 is 5.97 Å². The molecule has 4 rings (SSSR count). The van der Waals surface area contributed by atoms with Crippen molar-refractivity contribution in [1.82, 2.24) is 0 Å². The van der Waals surface area contributed by atoms with Crippen LogP contribution in [0.1, 0.15) is 21.5 Å². The van der Waals surface area contributed by atoms with E-state index in [0.717, 1.165) is 5.56 Å². The van der Waals surface area contributed by atoms with Gasteiger partial charge in [-0.25, -0.2) is 4.79 Å². The highest BCUT2D eigenvalue weighted by atomic mass is 35.5. The van der Waals surface area contributed by atoms with Gasteiger partial charge in [-0.05, 0) is 42.8 Å². The predicted molar refractivity (Wildman–Crippen MR) is 115 cm³/mol. The van der Waals surface area contributed by atoms with Crippen LogP contribution in [-0.4, -0.2) is 11.1 Å². The summed E-state index contributed by atoms with van der Waals surface area (Å²) >= 11 is 6.06. The molecule has 0 radical (unpaired) electrons. The van der Waals surface area contributed by atoms with Crippen molar-refractivity contribution in [1.29, 1.82) is 0 Å². The molecule has 4 aromatic rings. The minimum Gasteiger partial charge on any atom is -0.481 e. The summed E-state index contributed by atoms with van der Waals surface area (Å²) in [5.41, 5.74) is 2.59. The maximum Gasteiger partial charge on any atom is 0.335 e. The summed E-state index contributed by atoms with van der Waals surface area (Å²) in [5.74, 6) is -0.671. The molecule has 0 atom stereocenters. The molecule has 0 aliphatic heterocycles. The fourth-order valence-corrected chi connectivity index (χ4v) is 3.30. The van der Waals surface area contributed by atoms with Gasteiger partial charge in [-0.15, -0.1) is 0 Å². The summed E-state index contributed by atoms with van der Waals surface area (Å²) in [6, 6.07) is 18.8. The monoisotopic (exact) mass is 420 g/mol. The number of hydrogen-bond acceptors (Lipinski definition) is 4. The van der Waals surface area contributed by atoms with Crippen LogP contribution in [0.5, 0.6) is 5.75 Å². The van der Waals surface area contributed by atoms with Crippen LogP contribution in [-0.2, 0) is 6.61 Å². The van der Waals surface area contributed by atoms with Gasteiger partial charge in [-0.1, -0.05) is 53.6 Å². The van der Waals surface area contributed by atoms with Gasteiger partial charge in [0.25, 0.3) is 0 Å². The number of carboxylic acid groups (broad SMARTS) is 1. The zero-order valence-corrected chi connectivity index (χ0v) is 16.8. The Bertz CT molecular complexity index is 1310. The standard InChI is InChI=1S/C24H17ClO5/c1-14-5-7-16(8-6-14)22-23(21(26)19-12-18(25)9-10-20(19)30-22)29-13-15-3-2-4-17(11-15)24(27)28/h2-12H,13H2,1H3,(H,27,28). The summed E-state index contributed by atoms with van der Waals surface area (Å²) in [7, 11) is 0. The van der Waals surface area contributed by atoms with E-state index in [1.54, 1.807) is 30.3 Å². The number of carboxylic acids is 1. The number of hydrogen-bond donors (Lipinski definition) is 1. The minimum absolute atomic E-state index is 0.0107. The first-order chi connectivity index (χ1) is 14.4. The summed E-state index contributed by atoms with van der Waals surface area (Å²) in [5, 5.41) is 9.91. The Morgan fingerprint density at radius 1 is 1.07 bits per heavy atom. The zero-order valence-electron chi connectivity index (χ0n) is 16.0.